The lowest BCUT2D eigenvalue weighted by Gasteiger charge is -2.18. The van der Waals surface area contributed by atoms with Gasteiger partial charge in [-0.2, -0.15) is 0 Å². The first-order valence-electron chi connectivity index (χ1n) is 3.57. The smallest absolute Gasteiger partial charge is 0.305 e. The summed E-state index contributed by atoms with van der Waals surface area (Å²) in [5, 5.41) is 8.53. The van der Waals surface area contributed by atoms with E-state index in [4.69, 9.17) is 15.3 Å². The third kappa shape index (κ3) is 1.85. The molecule has 1 heterocycles. The molecule has 0 aliphatic heterocycles. The van der Waals surface area contributed by atoms with Crippen LogP contribution in [0.1, 0.15) is 19.1 Å². The van der Waals surface area contributed by atoms with Crippen LogP contribution in [-0.2, 0) is 10.3 Å². The van der Waals surface area contributed by atoms with Gasteiger partial charge in [0.05, 0.1) is 18.2 Å². The van der Waals surface area contributed by atoms with Crippen LogP contribution in [0, 0.1) is 0 Å². The molecular weight excluding hydrogens is 158 g/mol. The highest BCUT2D eigenvalue weighted by Gasteiger charge is 2.27. The van der Waals surface area contributed by atoms with E-state index in [-0.39, 0.29) is 6.42 Å². The predicted octanol–water partition coefficient (Wildman–Crippen LogP) is 0.928. The van der Waals surface area contributed by atoms with Crippen molar-refractivity contribution in [3.63, 3.8) is 0 Å². The van der Waals surface area contributed by atoms with E-state index in [0.29, 0.717) is 5.76 Å². The fourth-order valence-corrected chi connectivity index (χ4v) is 1.00. The molecule has 4 nitrogen and oxygen atoms in total. The van der Waals surface area contributed by atoms with Crippen molar-refractivity contribution in [3.05, 3.63) is 24.2 Å². The number of carboxylic acid groups (broad SMARTS) is 1. The van der Waals surface area contributed by atoms with E-state index < -0.39 is 11.5 Å². The number of carbonyl (C=O) groups is 1. The van der Waals surface area contributed by atoms with Crippen molar-refractivity contribution in [3.8, 4) is 0 Å². The molecule has 0 saturated carbocycles. The molecule has 0 radical (unpaired) electrons. The first-order valence-corrected chi connectivity index (χ1v) is 3.57. The second kappa shape index (κ2) is 2.98. The molecule has 0 saturated heterocycles. The Morgan fingerprint density at radius 3 is 2.92 bits per heavy atom. The molecule has 1 rings (SSSR count). The first-order chi connectivity index (χ1) is 5.52. The number of hydrogen-bond acceptors (Lipinski definition) is 3. The van der Waals surface area contributed by atoms with Gasteiger partial charge in [-0.15, -0.1) is 0 Å². The molecule has 4 heteroatoms. The molecule has 0 spiro atoms. The van der Waals surface area contributed by atoms with E-state index in [1.807, 2.05) is 0 Å². The van der Waals surface area contributed by atoms with Gasteiger partial charge < -0.3 is 15.3 Å². The summed E-state index contributed by atoms with van der Waals surface area (Å²) in [4.78, 5) is 10.4. The lowest BCUT2D eigenvalue weighted by molar-refractivity contribution is -0.138. The van der Waals surface area contributed by atoms with Gasteiger partial charge in [-0.05, 0) is 19.1 Å². The maximum atomic E-state index is 10.4. The first kappa shape index (κ1) is 8.80. The van der Waals surface area contributed by atoms with E-state index in [2.05, 4.69) is 0 Å². The highest BCUT2D eigenvalue weighted by molar-refractivity contribution is 5.68. The lowest BCUT2D eigenvalue weighted by atomic mass is 9.96. The number of nitrogens with two attached hydrogens (primary N) is 1. The quantitative estimate of drug-likeness (QED) is 0.705. The lowest BCUT2D eigenvalue weighted by Crippen LogP contribution is -2.35. The number of furan rings is 1. The van der Waals surface area contributed by atoms with Crippen molar-refractivity contribution >= 4 is 5.97 Å². The van der Waals surface area contributed by atoms with Gasteiger partial charge >= 0.3 is 5.97 Å². The molecule has 1 atom stereocenters. The van der Waals surface area contributed by atoms with Crippen LogP contribution in [-0.4, -0.2) is 11.1 Å². The summed E-state index contributed by atoms with van der Waals surface area (Å²) in [6, 6.07) is 3.35. The standard InChI is InChI=1S/C8H11NO3/c1-8(9,5-7(10)11)6-3-2-4-12-6/h2-4H,5,9H2,1H3,(H,10,11). The van der Waals surface area contributed by atoms with Crippen LogP contribution in [0.15, 0.2) is 22.8 Å². The van der Waals surface area contributed by atoms with Gasteiger partial charge in [0.25, 0.3) is 0 Å². The number of hydrogen-bond donors (Lipinski definition) is 2. The van der Waals surface area contributed by atoms with Crippen molar-refractivity contribution in [2.75, 3.05) is 0 Å². The van der Waals surface area contributed by atoms with Crippen molar-refractivity contribution < 1.29 is 14.3 Å². The number of aliphatic carboxylic acids is 1. The molecule has 1 aromatic rings. The average Bonchev–Trinajstić information content (AvgIpc) is 2.32. The van der Waals surface area contributed by atoms with Crippen LogP contribution in [0.3, 0.4) is 0 Å². The zero-order valence-electron chi connectivity index (χ0n) is 6.78. The largest absolute Gasteiger partial charge is 0.481 e. The Labute approximate surface area is 70.0 Å². The second-order valence-corrected chi connectivity index (χ2v) is 2.97. The monoisotopic (exact) mass is 169 g/mol. The van der Waals surface area contributed by atoms with Crippen LogP contribution in [0.5, 0.6) is 0 Å². The maximum absolute atomic E-state index is 10.4. The minimum Gasteiger partial charge on any atom is -0.481 e. The van der Waals surface area contributed by atoms with Gasteiger partial charge in [0.1, 0.15) is 5.76 Å². The maximum Gasteiger partial charge on any atom is 0.305 e. The molecule has 0 amide bonds. The van der Waals surface area contributed by atoms with E-state index in [9.17, 15) is 4.79 Å². The van der Waals surface area contributed by atoms with E-state index >= 15 is 0 Å². The number of carboxylic acids is 1. The summed E-state index contributed by atoms with van der Waals surface area (Å²) >= 11 is 0. The van der Waals surface area contributed by atoms with Crippen LogP contribution in [0.4, 0.5) is 0 Å². The highest BCUT2D eigenvalue weighted by atomic mass is 16.4. The molecular formula is C8H11NO3. The molecule has 0 aliphatic carbocycles. The van der Waals surface area contributed by atoms with E-state index in [0.717, 1.165) is 0 Å². The molecule has 3 N–H and O–H groups in total. The van der Waals surface area contributed by atoms with Crippen molar-refractivity contribution in [1.29, 1.82) is 0 Å². The van der Waals surface area contributed by atoms with Gasteiger partial charge in [-0.3, -0.25) is 4.79 Å². The molecule has 0 aromatic carbocycles. The Bertz CT molecular complexity index is 264. The molecule has 12 heavy (non-hydrogen) atoms. The fraction of sp³-hybridized carbons (Fsp3) is 0.375. The van der Waals surface area contributed by atoms with Crippen molar-refractivity contribution in [2.45, 2.75) is 18.9 Å². The van der Waals surface area contributed by atoms with Crippen LogP contribution in [0.2, 0.25) is 0 Å². The third-order valence-electron chi connectivity index (χ3n) is 1.60. The summed E-state index contributed by atoms with van der Waals surface area (Å²) in [7, 11) is 0. The zero-order chi connectivity index (χ0) is 9.19. The van der Waals surface area contributed by atoms with E-state index in [1.54, 1.807) is 19.1 Å². The van der Waals surface area contributed by atoms with Crippen molar-refractivity contribution in [2.24, 2.45) is 5.73 Å². The summed E-state index contributed by atoms with van der Waals surface area (Å²) < 4.78 is 5.01. The Hall–Kier alpha value is -1.29. The summed E-state index contributed by atoms with van der Waals surface area (Å²) in [5.74, 6) is -0.443. The average molecular weight is 169 g/mol. The van der Waals surface area contributed by atoms with Gasteiger partial charge in [-0.1, -0.05) is 0 Å². The van der Waals surface area contributed by atoms with Gasteiger partial charge in [0.2, 0.25) is 0 Å². The SMILES string of the molecule is CC(N)(CC(=O)O)c1ccco1. The minimum atomic E-state index is -0.934. The summed E-state index contributed by atoms with van der Waals surface area (Å²) in [6.45, 7) is 1.62. The van der Waals surface area contributed by atoms with E-state index in [1.165, 1.54) is 6.26 Å². The van der Waals surface area contributed by atoms with Crippen LogP contribution < -0.4 is 5.73 Å². The Balaban J connectivity index is 2.79. The fourth-order valence-electron chi connectivity index (χ4n) is 1.00. The predicted molar refractivity (Wildman–Crippen MR) is 42.5 cm³/mol. The van der Waals surface area contributed by atoms with Crippen molar-refractivity contribution in [1.82, 2.24) is 0 Å². The Morgan fingerprint density at radius 2 is 2.50 bits per heavy atom. The molecule has 1 unspecified atom stereocenters. The van der Waals surface area contributed by atoms with Crippen LogP contribution in [0.25, 0.3) is 0 Å². The summed E-state index contributed by atoms with van der Waals surface area (Å²) in [5.41, 5.74) is 4.79. The summed E-state index contributed by atoms with van der Waals surface area (Å²) in [6.07, 6.45) is 1.34. The molecule has 0 aliphatic rings. The van der Waals surface area contributed by atoms with Gasteiger partial charge in [-0.25, -0.2) is 0 Å². The highest BCUT2D eigenvalue weighted by Crippen LogP contribution is 2.21. The topological polar surface area (TPSA) is 76.5 Å². The molecule has 0 bridgehead atoms. The normalized spacial score (nSPS) is 15.5. The molecule has 1 aromatic heterocycles. The number of rotatable bonds is 3. The molecule has 66 valence electrons. The van der Waals surface area contributed by atoms with Crippen LogP contribution >= 0.6 is 0 Å². The second-order valence-electron chi connectivity index (χ2n) is 2.97. The minimum absolute atomic E-state index is 0.138. The Morgan fingerprint density at radius 1 is 1.83 bits per heavy atom. The zero-order valence-corrected chi connectivity index (χ0v) is 6.78. The van der Waals surface area contributed by atoms with Gasteiger partial charge in [0.15, 0.2) is 0 Å². The Kier molecular flexibility index (Phi) is 2.19. The third-order valence-corrected chi connectivity index (χ3v) is 1.60. The van der Waals surface area contributed by atoms with Gasteiger partial charge in [0, 0.05) is 0 Å². The molecule has 0 fully saturated rings.